The maximum absolute atomic E-state index is 9.04. The molecular formula is C17H24N4O. The Morgan fingerprint density at radius 3 is 2.82 bits per heavy atom. The van der Waals surface area contributed by atoms with Gasteiger partial charge in [0, 0.05) is 32.2 Å². The molecule has 5 heteroatoms. The first-order valence-electron chi connectivity index (χ1n) is 8.17. The maximum atomic E-state index is 9.04. The minimum Gasteiger partial charge on any atom is -0.373 e. The van der Waals surface area contributed by atoms with Crippen molar-refractivity contribution in [3.63, 3.8) is 0 Å². The van der Waals surface area contributed by atoms with Crippen LogP contribution in [0, 0.1) is 11.3 Å². The summed E-state index contributed by atoms with van der Waals surface area (Å²) < 4.78 is 5.82. The van der Waals surface area contributed by atoms with Crippen molar-refractivity contribution in [1.82, 2.24) is 9.88 Å². The minimum absolute atomic E-state index is 0.304. The second-order valence-corrected chi connectivity index (χ2v) is 6.46. The van der Waals surface area contributed by atoms with Crippen LogP contribution < -0.4 is 4.90 Å². The summed E-state index contributed by atoms with van der Waals surface area (Å²) in [6.07, 6.45) is 2.99. The summed E-state index contributed by atoms with van der Waals surface area (Å²) >= 11 is 0. The van der Waals surface area contributed by atoms with Gasteiger partial charge in [0.1, 0.15) is 17.6 Å². The topological polar surface area (TPSA) is 52.4 Å². The lowest BCUT2D eigenvalue weighted by Crippen LogP contribution is -2.50. The first-order valence-corrected chi connectivity index (χ1v) is 8.17. The molecule has 5 nitrogen and oxygen atoms in total. The lowest BCUT2D eigenvalue weighted by molar-refractivity contribution is -0.0689. The SMILES string of the molecule is C[C@@H]1CN(C[C@@H]2CCCN2c2cccc(C#N)n2)C[C@H](C)O1. The first-order chi connectivity index (χ1) is 10.7. The zero-order valence-corrected chi connectivity index (χ0v) is 13.4. The summed E-state index contributed by atoms with van der Waals surface area (Å²) in [5, 5.41) is 9.04. The van der Waals surface area contributed by atoms with Crippen molar-refractivity contribution in [3.8, 4) is 6.07 Å². The van der Waals surface area contributed by atoms with Gasteiger partial charge in [-0.15, -0.1) is 0 Å². The Kier molecular flexibility index (Phi) is 4.60. The Morgan fingerprint density at radius 1 is 1.32 bits per heavy atom. The summed E-state index contributed by atoms with van der Waals surface area (Å²) in [6, 6.07) is 8.33. The molecule has 0 N–H and O–H groups in total. The minimum atomic E-state index is 0.304. The van der Waals surface area contributed by atoms with E-state index >= 15 is 0 Å². The fourth-order valence-corrected chi connectivity index (χ4v) is 3.70. The molecule has 0 amide bonds. The van der Waals surface area contributed by atoms with Crippen molar-refractivity contribution in [2.24, 2.45) is 0 Å². The summed E-state index contributed by atoms with van der Waals surface area (Å²) in [5.41, 5.74) is 0.497. The Hall–Kier alpha value is -1.64. The molecule has 0 unspecified atom stereocenters. The number of rotatable bonds is 3. The van der Waals surface area contributed by atoms with E-state index in [0.29, 0.717) is 23.9 Å². The highest BCUT2D eigenvalue weighted by atomic mass is 16.5. The average Bonchev–Trinajstić information content (AvgIpc) is 2.94. The van der Waals surface area contributed by atoms with Gasteiger partial charge in [0.05, 0.1) is 12.2 Å². The molecular weight excluding hydrogens is 276 g/mol. The fraction of sp³-hybridized carbons (Fsp3) is 0.647. The number of nitrogens with zero attached hydrogens (tertiary/aromatic N) is 4. The van der Waals surface area contributed by atoms with Crippen molar-refractivity contribution < 1.29 is 4.74 Å². The second-order valence-electron chi connectivity index (χ2n) is 6.46. The van der Waals surface area contributed by atoms with Gasteiger partial charge in [0.25, 0.3) is 0 Å². The van der Waals surface area contributed by atoms with Crippen LogP contribution >= 0.6 is 0 Å². The molecule has 2 fully saturated rings. The van der Waals surface area contributed by atoms with Crippen LogP contribution in [-0.4, -0.2) is 54.3 Å². The van der Waals surface area contributed by atoms with E-state index in [1.807, 2.05) is 12.1 Å². The zero-order valence-electron chi connectivity index (χ0n) is 13.4. The fourth-order valence-electron chi connectivity index (χ4n) is 3.70. The van der Waals surface area contributed by atoms with Gasteiger partial charge in [0.2, 0.25) is 0 Å². The predicted molar refractivity (Wildman–Crippen MR) is 85.8 cm³/mol. The van der Waals surface area contributed by atoms with E-state index in [9.17, 15) is 0 Å². The molecule has 0 aromatic carbocycles. The number of anilines is 1. The van der Waals surface area contributed by atoms with Gasteiger partial charge in [-0.2, -0.15) is 5.26 Å². The van der Waals surface area contributed by atoms with Crippen LogP contribution in [0.5, 0.6) is 0 Å². The molecule has 3 heterocycles. The molecule has 2 aliphatic heterocycles. The number of hydrogen-bond acceptors (Lipinski definition) is 5. The zero-order chi connectivity index (χ0) is 15.5. The number of morpholine rings is 1. The molecule has 2 saturated heterocycles. The largest absolute Gasteiger partial charge is 0.373 e. The maximum Gasteiger partial charge on any atom is 0.142 e. The van der Waals surface area contributed by atoms with Gasteiger partial charge >= 0.3 is 0 Å². The molecule has 1 aromatic heterocycles. The Morgan fingerprint density at radius 2 is 2.09 bits per heavy atom. The molecule has 3 rings (SSSR count). The number of aromatic nitrogens is 1. The highest BCUT2D eigenvalue weighted by Gasteiger charge is 2.30. The standard InChI is InChI=1S/C17H24N4O/c1-13-10-20(11-14(2)22-13)12-16-6-4-8-21(16)17-7-3-5-15(9-18)19-17/h3,5,7,13-14,16H,4,6,8,10-12H2,1-2H3/t13-,14+,16-/m0/s1. The van der Waals surface area contributed by atoms with Crippen molar-refractivity contribution in [2.75, 3.05) is 31.1 Å². The molecule has 3 atom stereocenters. The van der Waals surface area contributed by atoms with E-state index in [0.717, 1.165) is 32.0 Å². The monoisotopic (exact) mass is 300 g/mol. The Bertz CT molecular complexity index is 546. The van der Waals surface area contributed by atoms with Crippen molar-refractivity contribution in [1.29, 1.82) is 5.26 Å². The third-order valence-corrected chi connectivity index (χ3v) is 4.48. The third-order valence-electron chi connectivity index (χ3n) is 4.48. The van der Waals surface area contributed by atoms with Crippen molar-refractivity contribution in [3.05, 3.63) is 23.9 Å². The Balaban J connectivity index is 1.69. The van der Waals surface area contributed by atoms with Crippen molar-refractivity contribution >= 4 is 5.82 Å². The van der Waals surface area contributed by atoms with E-state index in [1.165, 1.54) is 12.8 Å². The van der Waals surface area contributed by atoms with Crippen LogP contribution in [0.15, 0.2) is 18.2 Å². The Labute approximate surface area is 132 Å². The molecule has 0 aliphatic carbocycles. The lowest BCUT2D eigenvalue weighted by atomic mass is 10.1. The van der Waals surface area contributed by atoms with E-state index in [4.69, 9.17) is 10.00 Å². The molecule has 0 radical (unpaired) electrons. The van der Waals surface area contributed by atoms with Gasteiger partial charge in [-0.05, 0) is 38.8 Å². The van der Waals surface area contributed by atoms with Crippen LogP contribution in [0.3, 0.4) is 0 Å². The normalized spacial score (nSPS) is 29.5. The summed E-state index contributed by atoms with van der Waals surface area (Å²) in [4.78, 5) is 9.34. The molecule has 1 aromatic rings. The average molecular weight is 300 g/mol. The third kappa shape index (κ3) is 3.40. The van der Waals surface area contributed by atoms with Gasteiger partial charge < -0.3 is 9.64 Å². The van der Waals surface area contributed by atoms with Gasteiger partial charge in [0.15, 0.2) is 0 Å². The van der Waals surface area contributed by atoms with Crippen molar-refractivity contribution in [2.45, 2.75) is 44.9 Å². The van der Waals surface area contributed by atoms with E-state index in [1.54, 1.807) is 6.07 Å². The number of hydrogen-bond donors (Lipinski definition) is 0. The smallest absolute Gasteiger partial charge is 0.142 e. The predicted octanol–water partition coefficient (Wildman–Crippen LogP) is 2.03. The highest BCUT2D eigenvalue weighted by Crippen LogP contribution is 2.25. The molecule has 22 heavy (non-hydrogen) atoms. The van der Waals surface area contributed by atoms with Crippen LogP contribution in [0.2, 0.25) is 0 Å². The number of pyridine rings is 1. The van der Waals surface area contributed by atoms with E-state index < -0.39 is 0 Å². The highest BCUT2D eigenvalue weighted by molar-refractivity contribution is 5.43. The summed E-state index contributed by atoms with van der Waals surface area (Å²) in [5.74, 6) is 0.941. The van der Waals surface area contributed by atoms with Gasteiger partial charge in [-0.25, -0.2) is 4.98 Å². The van der Waals surface area contributed by atoms with Crippen LogP contribution in [0.4, 0.5) is 5.82 Å². The van der Waals surface area contributed by atoms with Crippen LogP contribution in [0.25, 0.3) is 0 Å². The molecule has 2 aliphatic rings. The number of nitriles is 1. The first kappa shape index (κ1) is 15.3. The quantitative estimate of drug-likeness (QED) is 0.855. The summed E-state index contributed by atoms with van der Waals surface area (Å²) in [7, 11) is 0. The molecule has 0 saturated carbocycles. The molecule has 0 spiro atoms. The second kappa shape index (κ2) is 6.64. The van der Waals surface area contributed by atoms with Crippen LogP contribution in [0.1, 0.15) is 32.4 Å². The molecule has 118 valence electrons. The molecule has 0 bridgehead atoms. The van der Waals surface area contributed by atoms with Gasteiger partial charge in [-0.1, -0.05) is 6.07 Å². The lowest BCUT2D eigenvalue weighted by Gasteiger charge is -2.38. The van der Waals surface area contributed by atoms with Crippen LogP contribution in [-0.2, 0) is 4.74 Å². The van der Waals surface area contributed by atoms with Gasteiger partial charge in [-0.3, -0.25) is 4.90 Å². The van der Waals surface area contributed by atoms with E-state index in [2.05, 4.69) is 34.7 Å². The van der Waals surface area contributed by atoms with E-state index in [-0.39, 0.29) is 0 Å². The number of ether oxygens (including phenoxy) is 1. The summed E-state index contributed by atoms with van der Waals surface area (Å²) in [6.45, 7) is 8.37.